The van der Waals surface area contributed by atoms with Crippen LogP contribution in [-0.4, -0.2) is 53.6 Å². The zero-order valence-corrected chi connectivity index (χ0v) is 13.4. The molecule has 0 saturated carbocycles. The van der Waals surface area contributed by atoms with E-state index in [2.05, 4.69) is 22.4 Å². The number of likely N-dealkylation sites (tertiary alicyclic amines) is 1. The molecule has 4 atom stereocenters. The first kappa shape index (κ1) is 15.0. The molecule has 4 N–H and O–H groups in total. The van der Waals surface area contributed by atoms with Crippen molar-refractivity contribution >= 4 is 11.3 Å². The van der Waals surface area contributed by atoms with Gasteiger partial charge in [-0.1, -0.05) is 6.07 Å². The molecule has 3 aliphatic rings. The summed E-state index contributed by atoms with van der Waals surface area (Å²) in [5.74, 6) is 6.03. The molecule has 3 aliphatic heterocycles. The molecule has 1 radical (unpaired) electrons. The van der Waals surface area contributed by atoms with Crippen molar-refractivity contribution in [1.29, 1.82) is 0 Å². The van der Waals surface area contributed by atoms with E-state index in [0.717, 1.165) is 32.4 Å². The van der Waals surface area contributed by atoms with E-state index in [1.807, 2.05) is 5.01 Å². The normalized spacial score (nSPS) is 39.6. The number of rotatable bonds is 4. The molecule has 3 fully saturated rings. The molecule has 0 amide bonds. The zero-order valence-electron chi connectivity index (χ0n) is 12.6. The van der Waals surface area contributed by atoms with E-state index in [9.17, 15) is 0 Å². The number of hydrazine groups is 1. The Balaban J connectivity index is 1.32. The summed E-state index contributed by atoms with van der Waals surface area (Å²) in [4.78, 5) is 3.67. The molecule has 0 aliphatic carbocycles. The summed E-state index contributed by atoms with van der Waals surface area (Å²) in [6.45, 7) is 4.28. The van der Waals surface area contributed by atoms with Gasteiger partial charge in [0.1, 0.15) is 0 Å². The molecular formula is C15H23N4O2S. The predicted octanol–water partition coefficient (Wildman–Crippen LogP) is 0.503. The van der Waals surface area contributed by atoms with Crippen molar-refractivity contribution in [3.8, 4) is 0 Å². The zero-order chi connectivity index (χ0) is 15.2. The SMILES string of the molecule is NN1C[CH]OC2CN(C3OC3(N)CCc3cccs3)CCC21. The second-order valence-electron chi connectivity index (χ2n) is 6.39. The molecule has 4 heterocycles. The Kier molecular flexibility index (Phi) is 3.98. The lowest BCUT2D eigenvalue weighted by molar-refractivity contribution is -0.0829. The lowest BCUT2D eigenvalue weighted by Crippen LogP contribution is -2.61. The topological polar surface area (TPSA) is 80.3 Å². The maximum Gasteiger partial charge on any atom is 0.159 e. The Bertz CT molecular complexity index is 514. The van der Waals surface area contributed by atoms with E-state index in [1.165, 1.54) is 4.88 Å². The summed E-state index contributed by atoms with van der Waals surface area (Å²) in [5, 5.41) is 3.98. The third-order valence-electron chi connectivity index (χ3n) is 4.90. The maximum atomic E-state index is 6.39. The van der Waals surface area contributed by atoms with Crippen molar-refractivity contribution in [1.82, 2.24) is 9.91 Å². The van der Waals surface area contributed by atoms with Gasteiger partial charge in [-0.3, -0.25) is 10.7 Å². The van der Waals surface area contributed by atoms with Crippen LogP contribution in [0.15, 0.2) is 17.5 Å². The van der Waals surface area contributed by atoms with Gasteiger partial charge in [0, 0.05) is 24.5 Å². The number of morpholine rings is 1. The third-order valence-corrected chi connectivity index (χ3v) is 5.84. The molecule has 1 aromatic rings. The van der Waals surface area contributed by atoms with Crippen molar-refractivity contribution in [3.63, 3.8) is 0 Å². The molecule has 0 spiro atoms. The van der Waals surface area contributed by atoms with Gasteiger partial charge in [-0.05, 0) is 30.7 Å². The van der Waals surface area contributed by atoms with Gasteiger partial charge in [0.25, 0.3) is 0 Å². The number of aryl methyl sites for hydroxylation is 1. The van der Waals surface area contributed by atoms with E-state index in [-0.39, 0.29) is 12.3 Å². The van der Waals surface area contributed by atoms with Gasteiger partial charge in [0.15, 0.2) is 12.0 Å². The Morgan fingerprint density at radius 2 is 2.36 bits per heavy atom. The van der Waals surface area contributed by atoms with Crippen molar-refractivity contribution in [3.05, 3.63) is 29.0 Å². The fourth-order valence-electron chi connectivity index (χ4n) is 3.56. The summed E-state index contributed by atoms with van der Waals surface area (Å²) >= 11 is 1.78. The van der Waals surface area contributed by atoms with Crippen molar-refractivity contribution in [2.24, 2.45) is 11.6 Å². The Labute approximate surface area is 134 Å². The van der Waals surface area contributed by atoms with Crippen LogP contribution >= 0.6 is 11.3 Å². The number of nitrogens with two attached hydrogens (primary N) is 2. The largest absolute Gasteiger partial charge is 0.368 e. The molecule has 7 heteroatoms. The first-order chi connectivity index (χ1) is 10.7. The molecule has 4 unspecified atom stereocenters. The number of piperidine rings is 1. The quantitative estimate of drug-likeness (QED) is 0.620. The number of nitrogens with zero attached hydrogens (tertiary/aromatic N) is 2. The highest BCUT2D eigenvalue weighted by molar-refractivity contribution is 7.09. The molecular weight excluding hydrogens is 300 g/mol. The van der Waals surface area contributed by atoms with E-state index < -0.39 is 5.72 Å². The second kappa shape index (κ2) is 5.83. The highest BCUT2D eigenvalue weighted by Gasteiger charge is 2.57. The molecule has 0 bridgehead atoms. The average Bonchev–Trinajstić information content (AvgIpc) is 2.96. The molecule has 121 valence electrons. The first-order valence-electron chi connectivity index (χ1n) is 7.87. The van der Waals surface area contributed by atoms with Crippen molar-refractivity contribution in [2.45, 2.75) is 43.4 Å². The first-order valence-corrected chi connectivity index (χ1v) is 8.75. The number of thiophene rings is 1. The van der Waals surface area contributed by atoms with Gasteiger partial charge < -0.3 is 15.2 Å². The highest BCUT2D eigenvalue weighted by Crippen LogP contribution is 2.40. The van der Waals surface area contributed by atoms with Crippen molar-refractivity contribution < 1.29 is 9.47 Å². The van der Waals surface area contributed by atoms with Crippen LogP contribution in [0.5, 0.6) is 0 Å². The van der Waals surface area contributed by atoms with Gasteiger partial charge in [0.2, 0.25) is 0 Å². The van der Waals surface area contributed by atoms with Crippen LogP contribution in [0.1, 0.15) is 17.7 Å². The molecule has 3 saturated heterocycles. The minimum atomic E-state index is -0.502. The molecule has 1 aromatic heterocycles. The van der Waals surface area contributed by atoms with E-state index in [0.29, 0.717) is 12.6 Å². The Hall–Kier alpha value is -0.540. The monoisotopic (exact) mass is 323 g/mol. The lowest BCUT2D eigenvalue weighted by atomic mass is 9.99. The molecule has 0 aromatic carbocycles. The van der Waals surface area contributed by atoms with Crippen molar-refractivity contribution in [2.75, 3.05) is 19.6 Å². The van der Waals surface area contributed by atoms with Crippen LogP contribution in [0.3, 0.4) is 0 Å². The van der Waals surface area contributed by atoms with Gasteiger partial charge >= 0.3 is 0 Å². The number of ether oxygens (including phenoxy) is 2. The summed E-state index contributed by atoms with van der Waals surface area (Å²) in [6, 6.07) is 4.53. The van der Waals surface area contributed by atoms with Crippen LogP contribution in [-0.2, 0) is 15.9 Å². The van der Waals surface area contributed by atoms with Crippen LogP contribution < -0.4 is 11.6 Å². The summed E-state index contributed by atoms with van der Waals surface area (Å²) < 4.78 is 11.6. The second-order valence-corrected chi connectivity index (χ2v) is 7.43. The summed E-state index contributed by atoms with van der Waals surface area (Å²) in [6.07, 6.45) is 2.98. The predicted molar refractivity (Wildman–Crippen MR) is 84.5 cm³/mol. The molecule has 4 rings (SSSR count). The highest BCUT2D eigenvalue weighted by atomic mass is 32.1. The Morgan fingerprint density at radius 1 is 1.45 bits per heavy atom. The van der Waals surface area contributed by atoms with Crippen LogP contribution in [0.2, 0.25) is 0 Å². The summed E-state index contributed by atoms with van der Waals surface area (Å²) in [7, 11) is 0. The fourth-order valence-corrected chi connectivity index (χ4v) is 4.26. The smallest absolute Gasteiger partial charge is 0.159 e. The lowest BCUT2D eigenvalue weighted by Gasteiger charge is -2.44. The number of epoxide rings is 1. The average molecular weight is 323 g/mol. The third kappa shape index (κ3) is 2.82. The van der Waals surface area contributed by atoms with Crippen LogP contribution in [0, 0.1) is 6.61 Å². The van der Waals surface area contributed by atoms with Gasteiger partial charge in [-0.2, -0.15) is 0 Å². The Morgan fingerprint density at radius 3 is 3.18 bits per heavy atom. The number of fused-ring (bicyclic) bond motifs is 1. The van der Waals surface area contributed by atoms with E-state index in [4.69, 9.17) is 21.1 Å². The standard InChI is InChI=1S/C15H23N4O2S/c16-15(5-3-11-2-1-9-22-11)14(21-15)18-6-4-12-13(10-18)20-8-7-19(12)17/h1-2,8-9,12-14H,3-7,10,16-17H2. The van der Waals surface area contributed by atoms with Gasteiger partial charge in [-0.15, -0.1) is 11.3 Å². The number of hydrogen-bond donors (Lipinski definition) is 2. The van der Waals surface area contributed by atoms with Crippen LogP contribution in [0.4, 0.5) is 0 Å². The van der Waals surface area contributed by atoms with E-state index in [1.54, 1.807) is 17.9 Å². The fraction of sp³-hybridized carbons (Fsp3) is 0.667. The minimum absolute atomic E-state index is 0.0187. The van der Waals surface area contributed by atoms with Crippen LogP contribution in [0.25, 0.3) is 0 Å². The van der Waals surface area contributed by atoms with Gasteiger partial charge in [0.05, 0.1) is 18.8 Å². The maximum absolute atomic E-state index is 6.39. The molecule has 22 heavy (non-hydrogen) atoms. The molecule has 6 nitrogen and oxygen atoms in total. The van der Waals surface area contributed by atoms with Gasteiger partial charge in [-0.25, -0.2) is 5.01 Å². The number of hydrogen-bond acceptors (Lipinski definition) is 7. The minimum Gasteiger partial charge on any atom is -0.368 e. The summed E-state index contributed by atoms with van der Waals surface area (Å²) in [5.41, 5.74) is 5.89. The van der Waals surface area contributed by atoms with E-state index >= 15 is 0 Å².